The highest BCUT2D eigenvalue weighted by Crippen LogP contribution is 2.18. The van der Waals surface area contributed by atoms with Gasteiger partial charge in [-0.15, -0.1) is 0 Å². The van der Waals surface area contributed by atoms with E-state index in [0.29, 0.717) is 11.3 Å². The molecule has 0 bridgehead atoms. The molecule has 4 heteroatoms. The number of aromatic hydroxyl groups is 1. The molecule has 3 N–H and O–H groups in total. The van der Waals surface area contributed by atoms with Crippen LogP contribution in [0.15, 0.2) is 42.5 Å². The molecule has 0 amide bonds. The second-order valence-electron chi connectivity index (χ2n) is 3.96. The smallest absolute Gasteiger partial charge is 0.127 e. The Bertz CT molecular complexity index is 543. The first-order valence-electron chi connectivity index (χ1n) is 5.57. The van der Waals surface area contributed by atoms with Gasteiger partial charge >= 0.3 is 0 Å². The molecule has 2 aromatic rings. The summed E-state index contributed by atoms with van der Waals surface area (Å²) in [5.74, 6) is 0.237. The van der Waals surface area contributed by atoms with Crippen LogP contribution in [0.3, 0.4) is 0 Å². The van der Waals surface area contributed by atoms with Gasteiger partial charge in [0.2, 0.25) is 0 Å². The molecule has 0 aliphatic rings. The Kier molecular flexibility index (Phi) is 3.79. The van der Waals surface area contributed by atoms with Crippen molar-refractivity contribution >= 4 is 0 Å². The minimum Gasteiger partial charge on any atom is -0.508 e. The van der Waals surface area contributed by atoms with E-state index in [1.54, 1.807) is 24.3 Å². The first-order chi connectivity index (χ1) is 8.67. The predicted molar refractivity (Wildman–Crippen MR) is 66.7 cm³/mol. The summed E-state index contributed by atoms with van der Waals surface area (Å²) in [6.07, 6.45) is 0. The van der Waals surface area contributed by atoms with Gasteiger partial charge in [-0.1, -0.05) is 12.1 Å². The number of phenols is 1. The third-order valence-corrected chi connectivity index (χ3v) is 2.48. The fourth-order valence-corrected chi connectivity index (χ4v) is 1.63. The number of phenolic OH excluding ortho intramolecular Hbond substituents is 1. The molecular weight excluding hydrogens is 233 g/mol. The van der Waals surface area contributed by atoms with Crippen LogP contribution in [0.25, 0.3) is 0 Å². The highest BCUT2D eigenvalue weighted by Gasteiger charge is 2.02. The summed E-state index contributed by atoms with van der Waals surface area (Å²) in [7, 11) is 0. The number of halogens is 1. The van der Waals surface area contributed by atoms with E-state index >= 15 is 0 Å². The average Bonchev–Trinajstić information content (AvgIpc) is 2.36. The molecule has 2 aromatic carbocycles. The molecule has 0 aliphatic heterocycles. The minimum atomic E-state index is -0.371. The van der Waals surface area contributed by atoms with E-state index in [4.69, 9.17) is 10.5 Å². The Labute approximate surface area is 105 Å². The topological polar surface area (TPSA) is 55.5 Å². The van der Waals surface area contributed by atoms with Crippen LogP contribution in [-0.4, -0.2) is 5.11 Å². The van der Waals surface area contributed by atoms with Crippen molar-refractivity contribution in [3.8, 4) is 11.5 Å². The maximum atomic E-state index is 13.2. The van der Waals surface area contributed by atoms with Crippen LogP contribution in [0.5, 0.6) is 11.5 Å². The average molecular weight is 247 g/mol. The van der Waals surface area contributed by atoms with Crippen molar-refractivity contribution in [2.45, 2.75) is 13.2 Å². The number of hydrogen-bond donors (Lipinski definition) is 2. The summed E-state index contributed by atoms with van der Waals surface area (Å²) >= 11 is 0. The van der Waals surface area contributed by atoms with Crippen LogP contribution < -0.4 is 10.5 Å². The minimum absolute atomic E-state index is 0.179. The van der Waals surface area contributed by atoms with Gasteiger partial charge < -0.3 is 15.6 Å². The number of nitrogens with two attached hydrogens (primary N) is 1. The molecule has 0 saturated carbocycles. The molecule has 0 aromatic heterocycles. The summed E-state index contributed by atoms with van der Waals surface area (Å²) in [6.45, 7) is 0.530. The maximum absolute atomic E-state index is 13.2. The molecule has 0 atom stereocenters. The zero-order valence-corrected chi connectivity index (χ0v) is 9.77. The van der Waals surface area contributed by atoms with Crippen molar-refractivity contribution in [1.82, 2.24) is 0 Å². The first-order valence-corrected chi connectivity index (χ1v) is 5.57. The van der Waals surface area contributed by atoms with Gasteiger partial charge in [-0.25, -0.2) is 4.39 Å². The Hall–Kier alpha value is -2.07. The second kappa shape index (κ2) is 5.51. The summed E-state index contributed by atoms with van der Waals surface area (Å²) in [4.78, 5) is 0. The predicted octanol–water partition coefficient (Wildman–Crippen LogP) is 2.57. The number of ether oxygens (including phenoxy) is 1. The summed E-state index contributed by atoms with van der Waals surface area (Å²) in [5, 5.41) is 9.30. The van der Waals surface area contributed by atoms with E-state index < -0.39 is 0 Å². The molecule has 3 nitrogen and oxygen atoms in total. The zero-order chi connectivity index (χ0) is 13.0. The van der Waals surface area contributed by atoms with E-state index in [1.807, 2.05) is 6.07 Å². The fourth-order valence-electron chi connectivity index (χ4n) is 1.63. The van der Waals surface area contributed by atoms with Crippen molar-refractivity contribution in [2.24, 2.45) is 5.73 Å². The Morgan fingerprint density at radius 3 is 2.67 bits per heavy atom. The molecule has 18 heavy (non-hydrogen) atoms. The normalized spacial score (nSPS) is 10.3. The fraction of sp³-hybridized carbons (Fsp3) is 0.143. The van der Waals surface area contributed by atoms with E-state index in [-0.39, 0.29) is 24.7 Å². The van der Waals surface area contributed by atoms with Gasteiger partial charge in [-0.2, -0.15) is 0 Å². The van der Waals surface area contributed by atoms with E-state index in [9.17, 15) is 9.50 Å². The quantitative estimate of drug-likeness (QED) is 0.873. The third-order valence-electron chi connectivity index (χ3n) is 2.48. The highest BCUT2D eigenvalue weighted by atomic mass is 19.1. The zero-order valence-electron chi connectivity index (χ0n) is 9.77. The SMILES string of the molecule is NCc1cc(F)cc(OCc2cccc(O)c2)c1. The molecule has 0 spiro atoms. The van der Waals surface area contributed by atoms with Gasteiger partial charge in [0.1, 0.15) is 23.9 Å². The molecular formula is C14H14FNO2. The van der Waals surface area contributed by atoms with Crippen LogP contribution in [-0.2, 0) is 13.2 Å². The van der Waals surface area contributed by atoms with Crippen LogP contribution in [0.1, 0.15) is 11.1 Å². The van der Waals surface area contributed by atoms with E-state index in [0.717, 1.165) is 5.56 Å². The molecule has 0 aliphatic carbocycles. The first kappa shape index (κ1) is 12.4. The second-order valence-corrected chi connectivity index (χ2v) is 3.96. The van der Waals surface area contributed by atoms with Crippen molar-refractivity contribution < 1.29 is 14.2 Å². The van der Waals surface area contributed by atoms with Gasteiger partial charge in [0, 0.05) is 12.6 Å². The standard InChI is InChI=1S/C14H14FNO2/c15-12-4-11(8-16)6-14(7-12)18-9-10-2-1-3-13(17)5-10/h1-7,17H,8-9,16H2. The monoisotopic (exact) mass is 247 g/mol. The maximum Gasteiger partial charge on any atom is 0.127 e. The van der Waals surface area contributed by atoms with Crippen LogP contribution in [0.4, 0.5) is 4.39 Å². The highest BCUT2D eigenvalue weighted by molar-refractivity contribution is 5.31. The molecule has 94 valence electrons. The van der Waals surface area contributed by atoms with Gasteiger partial charge in [-0.05, 0) is 35.4 Å². The lowest BCUT2D eigenvalue weighted by Gasteiger charge is -2.08. The van der Waals surface area contributed by atoms with E-state index in [1.165, 1.54) is 12.1 Å². The van der Waals surface area contributed by atoms with Crippen molar-refractivity contribution in [2.75, 3.05) is 0 Å². The van der Waals surface area contributed by atoms with Crippen molar-refractivity contribution in [3.05, 3.63) is 59.4 Å². The van der Waals surface area contributed by atoms with Gasteiger partial charge in [0.15, 0.2) is 0 Å². The van der Waals surface area contributed by atoms with Crippen LogP contribution in [0.2, 0.25) is 0 Å². The van der Waals surface area contributed by atoms with Gasteiger partial charge in [0.05, 0.1) is 0 Å². The van der Waals surface area contributed by atoms with Crippen molar-refractivity contribution in [1.29, 1.82) is 0 Å². The number of rotatable bonds is 4. The number of benzene rings is 2. The molecule has 0 unspecified atom stereocenters. The molecule has 0 radical (unpaired) electrons. The Morgan fingerprint density at radius 1 is 1.11 bits per heavy atom. The van der Waals surface area contributed by atoms with Crippen LogP contribution >= 0.6 is 0 Å². The lowest BCUT2D eigenvalue weighted by atomic mass is 10.2. The summed E-state index contributed by atoms with van der Waals surface area (Å²) in [5.41, 5.74) is 6.95. The number of hydrogen-bond acceptors (Lipinski definition) is 3. The lowest BCUT2D eigenvalue weighted by Crippen LogP contribution is -2.00. The Balaban J connectivity index is 2.08. The molecule has 0 fully saturated rings. The van der Waals surface area contributed by atoms with E-state index in [2.05, 4.69) is 0 Å². The largest absolute Gasteiger partial charge is 0.508 e. The molecule has 0 saturated heterocycles. The third kappa shape index (κ3) is 3.21. The van der Waals surface area contributed by atoms with Crippen LogP contribution in [0, 0.1) is 5.82 Å². The van der Waals surface area contributed by atoms with Crippen molar-refractivity contribution in [3.63, 3.8) is 0 Å². The summed E-state index contributed by atoms with van der Waals surface area (Å²) in [6, 6.07) is 11.1. The lowest BCUT2D eigenvalue weighted by molar-refractivity contribution is 0.303. The van der Waals surface area contributed by atoms with Gasteiger partial charge in [-0.3, -0.25) is 0 Å². The molecule has 2 rings (SSSR count). The summed E-state index contributed by atoms with van der Waals surface area (Å²) < 4.78 is 18.7. The Morgan fingerprint density at radius 2 is 1.94 bits per heavy atom. The van der Waals surface area contributed by atoms with Gasteiger partial charge in [0.25, 0.3) is 0 Å². The molecule has 0 heterocycles.